The molecule has 1 amide bonds. The maximum atomic E-state index is 12.2. The van der Waals surface area contributed by atoms with Crippen molar-refractivity contribution in [2.45, 2.75) is 0 Å². The van der Waals surface area contributed by atoms with E-state index in [1.165, 1.54) is 4.90 Å². The lowest BCUT2D eigenvalue weighted by atomic mass is 10.0. The number of hydrogen-bond acceptors (Lipinski definition) is 5. The fourth-order valence-corrected chi connectivity index (χ4v) is 3.67. The number of aromatic hydroxyl groups is 1. The predicted molar refractivity (Wildman–Crippen MR) is 129 cm³/mol. The molecule has 168 valence electrons. The molecule has 0 aliphatic rings. The average molecular weight is 444 g/mol. The zero-order valence-electron chi connectivity index (χ0n) is 18.9. The third-order valence-electron chi connectivity index (χ3n) is 5.33. The molecule has 7 nitrogen and oxygen atoms in total. The lowest BCUT2D eigenvalue weighted by Crippen LogP contribution is -2.21. The normalized spacial score (nSPS) is 11.5. The first-order valence-electron chi connectivity index (χ1n) is 10.4. The molecule has 4 aromatic rings. The number of aromatic nitrogens is 1. The first kappa shape index (κ1) is 22.0. The van der Waals surface area contributed by atoms with E-state index in [-0.39, 0.29) is 11.8 Å². The van der Waals surface area contributed by atoms with E-state index < -0.39 is 0 Å². The summed E-state index contributed by atoms with van der Waals surface area (Å²) in [7, 11) is 6.56. The molecule has 4 rings (SSSR count). The van der Waals surface area contributed by atoms with Gasteiger partial charge in [-0.05, 0) is 30.3 Å². The van der Waals surface area contributed by atoms with Crippen molar-refractivity contribution in [2.75, 3.05) is 28.3 Å². The molecule has 0 aliphatic carbocycles. The van der Waals surface area contributed by atoms with Crippen molar-refractivity contribution >= 4 is 28.2 Å². The van der Waals surface area contributed by atoms with Gasteiger partial charge < -0.3 is 24.5 Å². The number of fused-ring (bicyclic) bond motifs is 1. The summed E-state index contributed by atoms with van der Waals surface area (Å²) in [6.45, 7) is 0. The van der Waals surface area contributed by atoms with Gasteiger partial charge >= 0.3 is 0 Å². The monoisotopic (exact) mass is 443 g/mol. The zero-order valence-corrected chi connectivity index (χ0v) is 18.9. The Morgan fingerprint density at radius 2 is 1.55 bits per heavy atom. The molecule has 0 saturated carbocycles. The molecule has 0 fully saturated rings. The summed E-state index contributed by atoms with van der Waals surface area (Å²) in [5.41, 5.74) is 3.88. The van der Waals surface area contributed by atoms with Gasteiger partial charge in [0.1, 0.15) is 0 Å². The number of methoxy groups -OCH3 is 2. The molecule has 1 heterocycles. The highest BCUT2D eigenvalue weighted by atomic mass is 16.5. The third-order valence-corrected chi connectivity index (χ3v) is 5.33. The van der Waals surface area contributed by atoms with Crippen LogP contribution in [0.15, 0.2) is 71.7 Å². The number of carbonyl (C=O) groups excluding carboxylic acids is 1. The Bertz CT molecular complexity index is 1320. The van der Waals surface area contributed by atoms with E-state index in [0.29, 0.717) is 39.5 Å². The van der Waals surface area contributed by atoms with Gasteiger partial charge in [0.25, 0.3) is 5.91 Å². The average Bonchev–Trinajstić information content (AvgIpc) is 3.16. The largest absolute Gasteiger partial charge is 0.494 e. The van der Waals surface area contributed by atoms with Crippen LogP contribution >= 0.6 is 0 Å². The lowest BCUT2D eigenvalue weighted by Gasteiger charge is -2.11. The van der Waals surface area contributed by atoms with Crippen LogP contribution in [0, 0.1) is 0 Å². The number of carbonyl (C=O) groups is 1. The summed E-state index contributed by atoms with van der Waals surface area (Å²) in [4.78, 5) is 21.6. The van der Waals surface area contributed by atoms with Crippen LogP contribution in [-0.4, -0.2) is 54.9 Å². The molecule has 0 bridgehead atoms. The minimum Gasteiger partial charge on any atom is -0.494 e. The van der Waals surface area contributed by atoms with E-state index in [1.54, 1.807) is 58.6 Å². The molecule has 1 aromatic heterocycles. The van der Waals surface area contributed by atoms with E-state index in [1.807, 2.05) is 36.4 Å². The van der Waals surface area contributed by atoms with Crippen LogP contribution in [0.4, 0.5) is 5.69 Å². The molecule has 2 N–H and O–H groups in total. The number of ether oxygens (including phenoxy) is 2. The number of hydrogen-bond donors (Lipinski definition) is 2. The molecule has 7 heteroatoms. The van der Waals surface area contributed by atoms with E-state index in [9.17, 15) is 9.90 Å². The summed E-state index contributed by atoms with van der Waals surface area (Å²) in [6.07, 6.45) is 0. The van der Waals surface area contributed by atoms with E-state index in [0.717, 1.165) is 10.9 Å². The second-order valence-corrected chi connectivity index (χ2v) is 7.67. The van der Waals surface area contributed by atoms with Crippen molar-refractivity contribution in [3.05, 3.63) is 83.4 Å². The molecule has 33 heavy (non-hydrogen) atoms. The van der Waals surface area contributed by atoms with Crippen LogP contribution < -0.4 is 9.47 Å². The van der Waals surface area contributed by atoms with Crippen molar-refractivity contribution in [2.24, 2.45) is 4.99 Å². The third kappa shape index (κ3) is 4.25. The summed E-state index contributed by atoms with van der Waals surface area (Å²) >= 11 is 0. The van der Waals surface area contributed by atoms with Crippen LogP contribution in [0.3, 0.4) is 0 Å². The maximum Gasteiger partial charge on any atom is 0.253 e. The first-order valence-corrected chi connectivity index (χ1v) is 10.4. The van der Waals surface area contributed by atoms with Crippen LogP contribution in [0.5, 0.6) is 17.4 Å². The Kier molecular flexibility index (Phi) is 6.04. The van der Waals surface area contributed by atoms with Crippen molar-refractivity contribution in [3.8, 4) is 17.4 Å². The molecule has 3 aromatic carbocycles. The molecule has 0 spiro atoms. The minimum atomic E-state index is -0.0795. The summed E-state index contributed by atoms with van der Waals surface area (Å²) < 4.78 is 10.9. The number of benzene rings is 3. The van der Waals surface area contributed by atoms with Crippen molar-refractivity contribution in [3.63, 3.8) is 0 Å². The van der Waals surface area contributed by atoms with Crippen LogP contribution in [-0.2, 0) is 0 Å². The second-order valence-electron chi connectivity index (χ2n) is 7.67. The summed E-state index contributed by atoms with van der Waals surface area (Å²) in [5, 5.41) is 11.6. The number of aromatic amines is 1. The van der Waals surface area contributed by atoms with Gasteiger partial charge in [0, 0.05) is 36.7 Å². The summed E-state index contributed by atoms with van der Waals surface area (Å²) in [5.74, 6) is 1.01. The minimum absolute atomic E-state index is 0.0117. The smallest absolute Gasteiger partial charge is 0.253 e. The highest BCUT2D eigenvalue weighted by Crippen LogP contribution is 2.38. The van der Waals surface area contributed by atoms with Gasteiger partial charge in [-0.15, -0.1) is 0 Å². The molecule has 0 radical (unpaired) electrons. The van der Waals surface area contributed by atoms with E-state index in [4.69, 9.17) is 14.5 Å². The van der Waals surface area contributed by atoms with Gasteiger partial charge in [0.05, 0.1) is 36.7 Å². The highest BCUT2D eigenvalue weighted by molar-refractivity contribution is 6.22. The zero-order chi connectivity index (χ0) is 23.5. The number of nitrogens with zero attached hydrogens (tertiary/aromatic N) is 2. The molecule has 0 saturated heterocycles. The number of H-pyrrole nitrogens is 1. The summed E-state index contributed by atoms with van der Waals surface area (Å²) in [6, 6.07) is 20.3. The molecule has 0 aliphatic heterocycles. The SMILES string of the molecule is COc1cc2[nH]c(O)c(C(=Nc3ccc(C(=O)N(C)C)cc3)c3ccccc3)c2cc1OC. The van der Waals surface area contributed by atoms with Gasteiger partial charge in [0.2, 0.25) is 0 Å². The van der Waals surface area contributed by atoms with Crippen molar-refractivity contribution in [1.29, 1.82) is 0 Å². The van der Waals surface area contributed by atoms with Gasteiger partial charge in [-0.2, -0.15) is 0 Å². The van der Waals surface area contributed by atoms with Gasteiger partial charge in [-0.25, -0.2) is 4.99 Å². The Hall–Kier alpha value is -4.26. The Labute approximate surface area is 191 Å². The fourth-order valence-electron chi connectivity index (χ4n) is 3.67. The Morgan fingerprint density at radius 3 is 2.15 bits per heavy atom. The van der Waals surface area contributed by atoms with Gasteiger partial charge in [-0.3, -0.25) is 4.79 Å². The van der Waals surface area contributed by atoms with E-state index >= 15 is 0 Å². The van der Waals surface area contributed by atoms with Crippen LogP contribution in [0.25, 0.3) is 10.9 Å². The van der Waals surface area contributed by atoms with E-state index in [2.05, 4.69) is 4.98 Å². The maximum absolute atomic E-state index is 12.2. The molecular weight excluding hydrogens is 418 g/mol. The van der Waals surface area contributed by atoms with Crippen molar-refractivity contribution in [1.82, 2.24) is 9.88 Å². The molecule has 0 atom stereocenters. The van der Waals surface area contributed by atoms with Crippen LogP contribution in [0.2, 0.25) is 0 Å². The standard InChI is InChI=1S/C26H25N3O4/c1-29(2)26(31)17-10-12-18(13-11-17)27-24(16-8-6-5-7-9-16)23-19-14-21(32-3)22(33-4)15-20(19)28-25(23)30/h5-15,28,30H,1-4H3. The lowest BCUT2D eigenvalue weighted by molar-refractivity contribution is 0.0827. The fraction of sp³-hybridized carbons (Fsp3) is 0.154. The number of rotatable bonds is 6. The molecule has 0 unspecified atom stereocenters. The predicted octanol–water partition coefficient (Wildman–Crippen LogP) is 4.76. The van der Waals surface area contributed by atoms with Gasteiger partial charge in [0.15, 0.2) is 17.4 Å². The van der Waals surface area contributed by atoms with Gasteiger partial charge in [-0.1, -0.05) is 30.3 Å². The van der Waals surface area contributed by atoms with Crippen molar-refractivity contribution < 1.29 is 19.4 Å². The highest BCUT2D eigenvalue weighted by Gasteiger charge is 2.21. The number of nitrogens with one attached hydrogen (secondary N) is 1. The topological polar surface area (TPSA) is 87.2 Å². The number of aliphatic imine (C=N–C) groups is 1. The Balaban J connectivity index is 1.90. The quantitative estimate of drug-likeness (QED) is 0.421. The van der Waals surface area contributed by atoms with Crippen LogP contribution in [0.1, 0.15) is 21.5 Å². The molecular formula is C26H25N3O4. The second kappa shape index (κ2) is 9.08. The Morgan fingerprint density at radius 1 is 0.909 bits per heavy atom. The number of amides is 1. The first-order chi connectivity index (χ1) is 15.9.